The van der Waals surface area contributed by atoms with Crippen LogP contribution in [0.15, 0.2) is 0 Å². The lowest BCUT2D eigenvalue weighted by Crippen LogP contribution is -2.31. The summed E-state index contributed by atoms with van der Waals surface area (Å²) < 4.78 is 0. The van der Waals surface area contributed by atoms with Crippen LogP contribution in [0.4, 0.5) is 4.79 Å². The highest BCUT2D eigenvalue weighted by atomic mass is 16.4. The Morgan fingerprint density at radius 2 is 2.08 bits per heavy atom. The van der Waals surface area contributed by atoms with Crippen LogP contribution in [0.3, 0.4) is 0 Å². The van der Waals surface area contributed by atoms with Crippen LogP contribution in [0.2, 0.25) is 0 Å². The van der Waals surface area contributed by atoms with Crippen LogP contribution in [-0.4, -0.2) is 40.4 Å². The smallest absolute Gasteiger partial charge is 0.407 e. The SMILES string of the molecule is CCC(O)CCN(CC)C(=O)O. The van der Waals surface area contributed by atoms with Crippen LogP contribution in [0.1, 0.15) is 26.7 Å². The second kappa shape index (κ2) is 5.83. The van der Waals surface area contributed by atoms with Crippen LogP contribution >= 0.6 is 0 Å². The molecular weight excluding hydrogens is 158 g/mol. The summed E-state index contributed by atoms with van der Waals surface area (Å²) in [7, 11) is 0. The second-order valence-electron chi connectivity index (χ2n) is 2.71. The molecule has 0 aromatic carbocycles. The molecule has 0 saturated heterocycles. The summed E-state index contributed by atoms with van der Waals surface area (Å²) in [6, 6.07) is 0. The molecule has 4 heteroatoms. The van der Waals surface area contributed by atoms with Crippen LogP contribution in [-0.2, 0) is 0 Å². The molecule has 4 nitrogen and oxygen atoms in total. The minimum absolute atomic E-state index is 0.376. The average Bonchev–Trinajstić information content (AvgIpc) is 2.04. The first-order valence-corrected chi connectivity index (χ1v) is 4.27. The number of carboxylic acid groups (broad SMARTS) is 1. The maximum Gasteiger partial charge on any atom is 0.407 e. The minimum Gasteiger partial charge on any atom is -0.465 e. The van der Waals surface area contributed by atoms with E-state index in [2.05, 4.69) is 0 Å². The minimum atomic E-state index is -0.916. The van der Waals surface area contributed by atoms with Gasteiger partial charge in [-0.05, 0) is 19.8 Å². The Bertz CT molecular complexity index is 138. The molecule has 0 aliphatic carbocycles. The Kier molecular flexibility index (Phi) is 5.45. The molecule has 0 aromatic heterocycles. The molecule has 12 heavy (non-hydrogen) atoms. The van der Waals surface area contributed by atoms with Crippen molar-refractivity contribution in [1.29, 1.82) is 0 Å². The molecule has 0 bridgehead atoms. The Labute approximate surface area is 72.8 Å². The van der Waals surface area contributed by atoms with Gasteiger partial charge < -0.3 is 15.1 Å². The van der Waals surface area contributed by atoms with Gasteiger partial charge in [-0.3, -0.25) is 0 Å². The third-order valence-corrected chi connectivity index (χ3v) is 1.86. The third kappa shape index (κ3) is 4.18. The molecule has 2 N–H and O–H groups in total. The van der Waals surface area contributed by atoms with Gasteiger partial charge in [-0.25, -0.2) is 4.79 Å². The summed E-state index contributed by atoms with van der Waals surface area (Å²) in [6.07, 6.45) is -0.0902. The highest BCUT2D eigenvalue weighted by Crippen LogP contribution is 1.99. The molecule has 0 heterocycles. The fourth-order valence-corrected chi connectivity index (χ4v) is 0.898. The molecule has 0 saturated carbocycles. The van der Waals surface area contributed by atoms with E-state index < -0.39 is 6.09 Å². The van der Waals surface area contributed by atoms with E-state index in [9.17, 15) is 4.79 Å². The van der Waals surface area contributed by atoms with Crippen molar-refractivity contribution < 1.29 is 15.0 Å². The summed E-state index contributed by atoms with van der Waals surface area (Å²) in [6.45, 7) is 4.56. The van der Waals surface area contributed by atoms with Gasteiger partial charge in [-0.15, -0.1) is 0 Å². The number of aliphatic hydroxyl groups is 1. The lowest BCUT2D eigenvalue weighted by molar-refractivity contribution is 0.121. The van der Waals surface area contributed by atoms with Crippen molar-refractivity contribution >= 4 is 6.09 Å². The van der Waals surface area contributed by atoms with Crippen molar-refractivity contribution in [2.75, 3.05) is 13.1 Å². The molecule has 72 valence electrons. The van der Waals surface area contributed by atoms with Crippen molar-refractivity contribution in [1.82, 2.24) is 4.90 Å². The lowest BCUT2D eigenvalue weighted by atomic mass is 10.2. The quantitative estimate of drug-likeness (QED) is 0.658. The summed E-state index contributed by atoms with van der Waals surface area (Å²) >= 11 is 0. The molecule has 0 radical (unpaired) electrons. The standard InChI is InChI=1S/C8H17NO3/c1-3-7(10)5-6-9(4-2)8(11)12/h7,10H,3-6H2,1-2H3,(H,11,12). The molecule has 1 unspecified atom stereocenters. The van der Waals surface area contributed by atoms with Gasteiger partial charge in [-0.1, -0.05) is 6.92 Å². The van der Waals surface area contributed by atoms with Gasteiger partial charge in [0.15, 0.2) is 0 Å². The number of rotatable bonds is 5. The molecule has 1 amide bonds. The predicted octanol–water partition coefficient (Wildman–Crippen LogP) is 1.15. The number of aliphatic hydroxyl groups excluding tert-OH is 1. The normalized spacial score (nSPS) is 12.6. The van der Waals surface area contributed by atoms with Gasteiger partial charge in [0.1, 0.15) is 0 Å². The van der Waals surface area contributed by atoms with Gasteiger partial charge in [0.2, 0.25) is 0 Å². The van der Waals surface area contributed by atoms with Crippen molar-refractivity contribution in [3.05, 3.63) is 0 Å². The van der Waals surface area contributed by atoms with Crippen molar-refractivity contribution in [2.24, 2.45) is 0 Å². The monoisotopic (exact) mass is 175 g/mol. The van der Waals surface area contributed by atoms with Crippen molar-refractivity contribution in [3.63, 3.8) is 0 Å². The highest BCUT2D eigenvalue weighted by molar-refractivity contribution is 5.64. The topological polar surface area (TPSA) is 60.8 Å². The third-order valence-electron chi connectivity index (χ3n) is 1.86. The predicted molar refractivity (Wildman–Crippen MR) is 46.2 cm³/mol. The molecule has 0 fully saturated rings. The zero-order valence-electron chi connectivity index (χ0n) is 7.66. The van der Waals surface area contributed by atoms with Gasteiger partial charge in [-0.2, -0.15) is 0 Å². The summed E-state index contributed by atoms with van der Waals surface area (Å²) in [5.41, 5.74) is 0. The van der Waals surface area contributed by atoms with E-state index in [1.807, 2.05) is 6.92 Å². The maximum absolute atomic E-state index is 10.5. The highest BCUT2D eigenvalue weighted by Gasteiger charge is 2.10. The van der Waals surface area contributed by atoms with Gasteiger partial charge in [0.05, 0.1) is 6.10 Å². The van der Waals surface area contributed by atoms with E-state index in [0.717, 1.165) is 0 Å². The first kappa shape index (κ1) is 11.2. The first-order chi connectivity index (χ1) is 5.61. The van der Waals surface area contributed by atoms with Crippen LogP contribution in [0, 0.1) is 0 Å². The fourth-order valence-electron chi connectivity index (χ4n) is 0.898. The summed E-state index contributed by atoms with van der Waals surface area (Å²) in [4.78, 5) is 11.8. The van der Waals surface area contributed by atoms with Gasteiger partial charge >= 0.3 is 6.09 Å². The van der Waals surface area contributed by atoms with Crippen molar-refractivity contribution in [2.45, 2.75) is 32.8 Å². The largest absolute Gasteiger partial charge is 0.465 e. The zero-order chi connectivity index (χ0) is 9.56. The number of hydrogen-bond acceptors (Lipinski definition) is 2. The summed E-state index contributed by atoms with van der Waals surface area (Å²) in [5.74, 6) is 0. The molecular formula is C8H17NO3. The van der Waals surface area contributed by atoms with Crippen molar-refractivity contribution in [3.8, 4) is 0 Å². The molecule has 0 aliphatic heterocycles. The van der Waals surface area contributed by atoms with Crippen LogP contribution < -0.4 is 0 Å². The molecule has 0 rings (SSSR count). The Balaban J connectivity index is 3.65. The number of amides is 1. The van der Waals surface area contributed by atoms with E-state index >= 15 is 0 Å². The molecule has 0 spiro atoms. The number of hydrogen-bond donors (Lipinski definition) is 2. The molecule has 0 aromatic rings. The van der Waals surface area contributed by atoms with E-state index in [4.69, 9.17) is 10.2 Å². The second-order valence-corrected chi connectivity index (χ2v) is 2.71. The number of nitrogens with zero attached hydrogens (tertiary/aromatic N) is 1. The van der Waals surface area contributed by atoms with E-state index in [0.29, 0.717) is 25.9 Å². The fraction of sp³-hybridized carbons (Fsp3) is 0.875. The van der Waals surface area contributed by atoms with Crippen LogP contribution in [0.25, 0.3) is 0 Å². The Hall–Kier alpha value is -0.770. The van der Waals surface area contributed by atoms with Crippen LogP contribution in [0.5, 0.6) is 0 Å². The lowest BCUT2D eigenvalue weighted by Gasteiger charge is -2.18. The maximum atomic E-state index is 10.5. The average molecular weight is 175 g/mol. The number of carbonyl (C=O) groups is 1. The van der Waals surface area contributed by atoms with E-state index in [-0.39, 0.29) is 6.10 Å². The van der Waals surface area contributed by atoms with E-state index in [1.165, 1.54) is 4.90 Å². The van der Waals surface area contributed by atoms with E-state index in [1.54, 1.807) is 6.92 Å². The Morgan fingerprint density at radius 1 is 1.50 bits per heavy atom. The Morgan fingerprint density at radius 3 is 2.42 bits per heavy atom. The van der Waals surface area contributed by atoms with Gasteiger partial charge in [0.25, 0.3) is 0 Å². The summed E-state index contributed by atoms with van der Waals surface area (Å²) in [5, 5.41) is 17.8. The molecule has 0 aliphatic rings. The molecule has 1 atom stereocenters. The zero-order valence-corrected chi connectivity index (χ0v) is 7.66. The van der Waals surface area contributed by atoms with Gasteiger partial charge in [0, 0.05) is 13.1 Å². The first-order valence-electron chi connectivity index (χ1n) is 4.27.